The number of ether oxygens (including phenoxy) is 1. The summed E-state index contributed by atoms with van der Waals surface area (Å²) in [5.74, 6) is 0.990. The number of aryl methyl sites for hydroxylation is 1. The second-order valence-electron chi connectivity index (χ2n) is 6.06. The standard InChI is InChI=1S/C16H26N2O/c1-13-11-14(5-6-16(13)19-4)12-18(3)15-7-9-17(2)10-8-15/h5-6,11,15H,7-10,12H2,1-4H3/p+2. The fourth-order valence-corrected chi connectivity index (χ4v) is 3.12. The van der Waals surface area contributed by atoms with E-state index in [0.717, 1.165) is 18.3 Å². The van der Waals surface area contributed by atoms with Crippen LogP contribution in [0.1, 0.15) is 24.0 Å². The highest BCUT2D eigenvalue weighted by atomic mass is 16.5. The highest BCUT2D eigenvalue weighted by Gasteiger charge is 2.25. The van der Waals surface area contributed by atoms with Gasteiger partial charge in [-0.1, -0.05) is 0 Å². The maximum Gasteiger partial charge on any atom is 0.121 e. The quantitative estimate of drug-likeness (QED) is 0.764. The first-order chi connectivity index (χ1) is 9.10. The molecule has 106 valence electrons. The molecular formula is C16H28N2O+2. The highest BCUT2D eigenvalue weighted by Crippen LogP contribution is 2.17. The van der Waals surface area contributed by atoms with Crippen molar-refractivity contribution >= 4 is 0 Å². The molecule has 0 aromatic heterocycles. The van der Waals surface area contributed by atoms with E-state index in [2.05, 4.69) is 39.2 Å². The summed E-state index contributed by atoms with van der Waals surface area (Å²) in [5.41, 5.74) is 2.66. The highest BCUT2D eigenvalue weighted by molar-refractivity contribution is 5.35. The zero-order valence-corrected chi connectivity index (χ0v) is 12.8. The van der Waals surface area contributed by atoms with Gasteiger partial charge in [0.1, 0.15) is 12.3 Å². The van der Waals surface area contributed by atoms with Crippen molar-refractivity contribution in [2.45, 2.75) is 32.4 Å². The van der Waals surface area contributed by atoms with Crippen LogP contribution in [0.5, 0.6) is 5.75 Å². The molecule has 0 aliphatic carbocycles. The van der Waals surface area contributed by atoms with Gasteiger partial charge in [0.05, 0.1) is 40.3 Å². The average molecular weight is 264 g/mol. The van der Waals surface area contributed by atoms with Crippen molar-refractivity contribution in [2.24, 2.45) is 0 Å². The third-order valence-electron chi connectivity index (χ3n) is 4.48. The van der Waals surface area contributed by atoms with Crippen LogP contribution in [-0.2, 0) is 6.54 Å². The largest absolute Gasteiger partial charge is 0.496 e. The van der Waals surface area contributed by atoms with Gasteiger partial charge < -0.3 is 14.5 Å². The van der Waals surface area contributed by atoms with Gasteiger partial charge in [0.2, 0.25) is 0 Å². The average Bonchev–Trinajstić information content (AvgIpc) is 2.39. The lowest BCUT2D eigenvalue weighted by atomic mass is 10.0. The van der Waals surface area contributed by atoms with E-state index in [1.165, 1.54) is 37.1 Å². The number of rotatable bonds is 4. The molecule has 1 fully saturated rings. The minimum Gasteiger partial charge on any atom is -0.496 e. The fraction of sp³-hybridized carbons (Fsp3) is 0.625. The van der Waals surface area contributed by atoms with Gasteiger partial charge in [0, 0.05) is 18.4 Å². The first-order valence-electron chi connectivity index (χ1n) is 7.37. The van der Waals surface area contributed by atoms with Gasteiger partial charge in [-0.3, -0.25) is 0 Å². The van der Waals surface area contributed by atoms with E-state index in [-0.39, 0.29) is 0 Å². The van der Waals surface area contributed by atoms with Gasteiger partial charge in [-0.25, -0.2) is 0 Å². The number of nitrogens with one attached hydrogen (secondary N) is 2. The normalized spacial score (nSPS) is 25.1. The Bertz CT molecular complexity index is 411. The summed E-state index contributed by atoms with van der Waals surface area (Å²) in [6, 6.07) is 7.39. The molecule has 0 radical (unpaired) electrons. The molecule has 1 unspecified atom stereocenters. The summed E-state index contributed by atoms with van der Waals surface area (Å²) in [4.78, 5) is 3.33. The lowest BCUT2D eigenvalue weighted by Crippen LogP contribution is -3.17. The fourth-order valence-electron chi connectivity index (χ4n) is 3.12. The Kier molecular flexibility index (Phi) is 4.83. The summed E-state index contributed by atoms with van der Waals surface area (Å²) in [5, 5.41) is 0. The Labute approximate surface area is 117 Å². The van der Waals surface area contributed by atoms with E-state index in [1.807, 2.05) is 0 Å². The van der Waals surface area contributed by atoms with Crippen molar-refractivity contribution in [1.29, 1.82) is 0 Å². The van der Waals surface area contributed by atoms with Crippen LogP contribution >= 0.6 is 0 Å². The minimum absolute atomic E-state index is 0.825. The lowest BCUT2D eigenvalue weighted by Gasteiger charge is -2.30. The van der Waals surface area contributed by atoms with Crippen LogP contribution in [0.4, 0.5) is 0 Å². The molecule has 19 heavy (non-hydrogen) atoms. The number of likely N-dealkylation sites (tertiary alicyclic amines) is 1. The van der Waals surface area contributed by atoms with Crippen LogP contribution in [0, 0.1) is 6.92 Å². The zero-order chi connectivity index (χ0) is 13.8. The lowest BCUT2D eigenvalue weighted by molar-refractivity contribution is -0.948. The molecule has 3 heteroatoms. The third-order valence-corrected chi connectivity index (χ3v) is 4.48. The van der Waals surface area contributed by atoms with Gasteiger partial charge in [-0.2, -0.15) is 0 Å². The second-order valence-corrected chi connectivity index (χ2v) is 6.06. The van der Waals surface area contributed by atoms with Crippen LogP contribution in [0.15, 0.2) is 18.2 Å². The molecule has 1 heterocycles. The van der Waals surface area contributed by atoms with E-state index in [4.69, 9.17) is 4.74 Å². The SMILES string of the molecule is COc1ccc(C[NH+](C)C2CC[NH+](C)CC2)cc1C. The Morgan fingerprint density at radius 1 is 1.32 bits per heavy atom. The Morgan fingerprint density at radius 2 is 2.00 bits per heavy atom. The molecule has 0 amide bonds. The summed E-state index contributed by atoms with van der Waals surface area (Å²) in [7, 11) is 6.38. The van der Waals surface area contributed by atoms with E-state index < -0.39 is 0 Å². The van der Waals surface area contributed by atoms with Crippen molar-refractivity contribution in [3.05, 3.63) is 29.3 Å². The molecule has 3 nitrogen and oxygen atoms in total. The van der Waals surface area contributed by atoms with Crippen LogP contribution in [0.25, 0.3) is 0 Å². The summed E-state index contributed by atoms with van der Waals surface area (Å²) < 4.78 is 5.32. The molecule has 2 rings (SSSR count). The summed E-state index contributed by atoms with van der Waals surface area (Å²) >= 11 is 0. The molecular weight excluding hydrogens is 236 g/mol. The predicted molar refractivity (Wildman–Crippen MR) is 78.0 cm³/mol. The maximum atomic E-state index is 5.32. The zero-order valence-electron chi connectivity index (χ0n) is 12.8. The molecule has 1 saturated heterocycles. The molecule has 2 N–H and O–H groups in total. The molecule has 0 bridgehead atoms. The van der Waals surface area contributed by atoms with Gasteiger partial charge in [-0.15, -0.1) is 0 Å². The van der Waals surface area contributed by atoms with Crippen LogP contribution in [0.3, 0.4) is 0 Å². The van der Waals surface area contributed by atoms with E-state index in [1.54, 1.807) is 16.9 Å². The molecule has 0 saturated carbocycles. The van der Waals surface area contributed by atoms with Crippen LogP contribution in [-0.4, -0.2) is 40.3 Å². The van der Waals surface area contributed by atoms with Crippen molar-refractivity contribution in [1.82, 2.24) is 0 Å². The smallest absolute Gasteiger partial charge is 0.121 e. The van der Waals surface area contributed by atoms with Gasteiger partial charge in [0.15, 0.2) is 0 Å². The molecule has 1 aromatic carbocycles. The van der Waals surface area contributed by atoms with E-state index >= 15 is 0 Å². The number of benzene rings is 1. The van der Waals surface area contributed by atoms with Crippen LogP contribution < -0.4 is 14.5 Å². The van der Waals surface area contributed by atoms with Gasteiger partial charge in [0.25, 0.3) is 0 Å². The first-order valence-corrected chi connectivity index (χ1v) is 7.37. The third kappa shape index (κ3) is 3.71. The number of piperidine rings is 1. The number of hydrogen-bond acceptors (Lipinski definition) is 1. The monoisotopic (exact) mass is 264 g/mol. The van der Waals surface area contributed by atoms with E-state index in [9.17, 15) is 0 Å². The topological polar surface area (TPSA) is 18.1 Å². The van der Waals surface area contributed by atoms with Crippen LogP contribution in [0.2, 0.25) is 0 Å². The van der Waals surface area contributed by atoms with Gasteiger partial charge in [-0.05, 0) is 30.7 Å². The van der Waals surface area contributed by atoms with Crippen molar-refractivity contribution in [2.75, 3.05) is 34.3 Å². The second kappa shape index (κ2) is 6.40. The maximum absolute atomic E-state index is 5.32. The first kappa shape index (κ1) is 14.4. The summed E-state index contributed by atoms with van der Waals surface area (Å²) in [6.07, 6.45) is 2.71. The molecule has 0 spiro atoms. The van der Waals surface area contributed by atoms with Gasteiger partial charge >= 0.3 is 0 Å². The van der Waals surface area contributed by atoms with Crippen molar-refractivity contribution in [3.63, 3.8) is 0 Å². The van der Waals surface area contributed by atoms with Crippen molar-refractivity contribution in [3.8, 4) is 5.75 Å². The Balaban J connectivity index is 1.95. The Morgan fingerprint density at radius 3 is 2.58 bits per heavy atom. The van der Waals surface area contributed by atoms with E-state index in [0.29, 0.717) is 0 Å². The summed E-state index contributed by atoms with van der Waals surface area (Å²) in [6.45, 7) is 5.89. The molecule has 1 aliphatic heterocycles. The number of quaternary nitrogens is 2. The number of hydrogen-bond donors (Lipinski definition) is 2. The molecule has 1 aliphatic rings. The van der Waals surface area contributed by atoms with Crippen molar-refractivity contribution < 1.29 is 14.5 Å². The molecule has 1 atom stereocenters. The number of methoxy groups -OCH3 is 1. The minimum atomic E-state index is 0.825. The predicted octanol–water partition coefficient (Wildman–Crippen LogP) is -0.305. The Hall–Kier alpha value is -1.06. The molecule has 1 aromatic rings.